The summed E-state index contributed by atoms with van der Waals surface area (Å²) < 4.78 is 0.969. The van der Waals surface area contributed by atoms with Crippen LogP contribution < -0.4 is 0 Å². The summed E-state index contributed by atoms with van der Waals surface area (Å²) >= 11 is 3.33. The molecule has 2 atom stereocenters. The Morgan fingerprint density at radius 1 is 1.54 bits per heavy atom. The zero-order valence-electron chi connectivity index (χ0n) is 7.87. The molecule has 3 heteroatoms. The fourth-order valence-electron chi connectivity index (χ4n) is 1.40. The van der Waals surface area contributed by atoms with Gasteiger partial charge in [-0.2, -0.15) is 0 Å². The van der Waals surface area contributed by atoms with Crippen LogP contribution >= 0.6 is 15.9 Å². The van der Waals surface area contributed by atoms with Crippen LogP contribution in [0.1, 0.15) is 31.9 Å². The zero-order chi connectivity index (χ0) is 9.84. The van der Waals surface area contributed by atoms with Crippen LogP contribution in [-0.4, -0.2) is 16.2 Å². The van der Waals surface area contributed by atoms with Crippen molar-refractivity contribution in [3.8, 4) is 0 Å². The smallest absolute Gasteiger partial charge is 0.0595 e. The van der Waals surface area contributed by atoms with Gasteiger partial charge in [0.25, 0.3) is 0 Å². The molecule has 0 aliphatic rings. The molecule has 0 saturated heterocycles. The van der Waals surface area contributed by atoms with E-state index < -0.39 is 0 Å². The Kier molecular flexibility index (Phi) is 3.88. The van der Waals surface area contributed by atoms with Gasteiger partial charge in [-0.05, 0) is 41.4 Å². The highest BCUT2D eigenvalue weighted by atomic mass is 79.9. The van der Waals surface area contributed by atoms with Crippen LogP contribution in [-0.2, 0) is 0 Å². The van der Waals surface area contributed by atoms with Crippen molar-refractivity contribution in [1.82, 2.24) is 4.98 Å². The van der Waals surface area contributed by atoms with Crippen molar-refractivity contribution >= 4 is 15.9 Å². The van der Waals surface area contributed by atoms with Gasteiger partial charge in [0, 0.05) is 22.3 Å². The van der Waals surface area contributed by atoms with Gasteiger partial charge in [0.1, 0.15) is 0 Å². The number of hydrogen-bond donors (Lipinski definition) is 1. The second-order valence-corrected chi connectivity index (χ2v) is 4.07. The van der Waals surface area contributed by atoms with Gasteiger partial charge in [0.15, 0.2) is 0 Å². The Morgan fingerprint density at radius 3 is 2.62 bits per heavy atom. The first-order valence-electron chi connectivity index (χ1n) is 4.44. The summed E-state index contributed by atoms with van der Waals surface area (Å²) in [6.07, 6.45) is 2.34. The predicted molar refractivity (Wildman–Crippen MR) is 56.6 cm³/mol. The number of halogens is 1. The minimum absolute atomic E-state index is 0.146. The summed E-state index contributed by atoms with van der Waals surface area (Å²) in [4.78, 5) is 4.26. The minimum Gasteiger partial charge on any atom is -0.393 e. The molecule has 0 aromatic carbocycles. The summed E-state index contributed by atoms with van der Waals surface area (Å²) in [5.74, 6) is 0.146. The number of rotatable bonds is 3. The highest BCUT2D eigenvalue weighted by Crippen LogP contribution is 2.22. The summed E-state index contributed by atoms with van der Waals surface area (Å²) in [7, 11) is 0. The summed E-state index contributed by atoms with van der Waals surface area (Å²) in [6, 6.07) is 3.90. The average molecular weight is 244 g/mol. The average Bonchev–Trinajstić information content (AvgIpc) is 2.09. The van der Waals surface area contributed by atoms with Crippen LogP contribution in [0.25, 0.3) is 0 Å². The lowest BCUT2D eigenvalue weighted by atomic mass is 9.96. The predicted octanol–water partition coefficient (Wildman–Crippen LogP) is 2.72. The largest absolute Gasteiger partial charge is 0.393 e. The molecule has 0 amide bonds. The van der Waals surface area contributed by atoms with Gasteiger partial charge in [-0.1, -0.05) is 6.92 Å². The number of hydrogen-bond acceptors (Lipinski definition) is 2. The van der Waals surface area contributed by atoms with E-state index in [1.165, 1.54) is 0 Å². The third-order valence-corrected chi connectivity index (χ3v) is 2.62. The van der Waals surface area contributed by atoms with E-state index in [9.17, 15) is 5.11 Å². The van der Waals surface area contributed by atoms with Crippen molar-refractivity contribution in [1.29, 1.82) is 0 Å². The maximum absolute atomic E-state index is 9.48. The molecule has 0 spiro atoms. The third-order valence-electron chi connectivity index (χ3n) is 2.15. The molecule has 0 aliphatic heterocycles. The molecule has 1 N–H and O–H groups in total. The number of aliphatic hydroxyl groups is 1. The van der Waals surface area contributed by atoms with E-state index in [2.05, 4.69) is 27.8 Å². The molecule has 1 aromatic rings. The van der Waals surface area contributed by atoms with E-state index in [-0.39, 0.29) is 12.0 Å². The van der Waals surface area contributed by atoms with Crippen molar-refractivity contribution in [2.75, 3.05) is 0 Å². The van der Waals surface area contributed by atoms with Gasteiger partial charge in [0.05, 0.1) is 6.10 Å². The lowest BCUT2D eigenvalue weighted by Crippen LogP contribution is -2.14. The maximum Gasteiger partial charge on any atom is 0.0595 e. The topological polar surface area (TPSA) is 33.1 Å². The molecule has 13 heavy (non-hydrogen) atoms. The molecule has 0 bridgehead atoms. The molecule has 2 nitrogen and oxygen atoms in total. The monoisotopic (exact) mass is 243 g/mol. The van der Waals surface area contributed by atoms with Gasteiger partial charge < -0.3 is 5.11 Å². The first-order chi connectivity index (χ1) is 6.15. The van der Waals surface area contributed by atoms with Crippen LogP contribution in [0.2, 0.25) is 0 Å². The molecule has 0 saturated carbocycles. The van der Waals surface area contributed by atoms with Gasteiger partial charge in [-0.25, -0.2) is 0 Å². The van der Waals surface area contributed by atoms with Gasteiger partial charge in [0.2, 0.25) is 0 Å². The van der Waals surface area contributed by atoms with Gasteiger partial charge in [-0.3, -0.25) is 4.98 Å². The Morgan fingerprint density at radius 2 is 2.23 bits per heavy atom. The number of nitrogens with zero attached hydrogens (tertiary/aromatic N) is 1. The second kappa shape index (κ2) is 4.72. The standard InChI is InChI=1S/C10H14BrNO/c1-3-9(7(2)13)10-5-4-8(11)6-12-10/h4-7,9,13H,3H2,1-2H3. The van der Waals surface area contributed by atoms with E-state index in [1.54, 1.807) is 13.1 Å². The van der Waals surface area contributed by atoms with Gasteiger partial charge in [-0.15, -0.1) is 0 Å². The number of aromatic nitrogens is 1. The van der Waals surface area contributed by atoms with E-state index >= 15 is 0 Å². The lowest BCUT2D eigenvalue weighted by molar-refractivity contribution is 0.158. The maximum atomic E-state index is 9.48. The van der Waals surface area contributed by atoms with Crippen LogP contribution in [0.4, 0.5) is 0 Å². The fourth-order valence-corrected chi connectivity index (χ4v) is 1.64. The second-order valence-electron chi connectivity index (χ2n) is 3.16. The molecule has 0 radical (unpaired) electrons. The third kappa shape index (κ3) is 2.78. The van der Waals surface area contributed by atoms with Crippen LogP contribution in [0.15, 0.2) is 22.8 Å². The van der Waals surface area contributed by atoms with E-state index in [0.29, 0.717) is 0 Å². The van der Waals surface area contributed by atoms with Crippen LogP contribution in [0, 0.1) is 0 Å². The van der Waals surface area contributed by atoms with E-state index in [4.69, 9.17) is 0 Å². The Balaban J connectivity index is 2.86. The van der Waals surface area contributed by atoms with Crippen LogP contribution in [0.5, 0.6) is 0 Å². The lowest BCUT2D eigenvalue weighted by Gasteiger charge is -2.16. The number of aliphatic hydroxyl groups excluding tert-OH is 1. The molecular weight excluding hydrogens is 230 g/mol. The molecule has 2 unspecified atom stereocenters. The summed E-state index contributed by atoms with van der Waals surface area (Å²) in [5.41, 5.74) is 0.959. The minimum atomic E-state index is -0.335. The quantitative estimate of drug-likeness (QED) is 0.886. The molecule has 0 fully saturated rings. The van der Waals surface area contributed by atoms with E-state index in [0.717, 1.165) is 16.6 Å². The van der Waals surface area contributed by atoms with Crippen molar-refractivity contribution in [3.63, 3.8) is 0 Å². The Bertz CT molecular complexity index is 258. The molecule has 1 heterocycles. The van der Waals surface area contributed by atoms with Crippen LogP contribution in [0.3, 0.4) is 0 Å². The normalized spacial score (nSPS) is 15.4. The Labute approximate surface area is 87.1 Å². The highest BCUT2D eigenvalue weighted by Gasteiger charge is 2.15. The molecule has 0 aliphatic carbocycles. The molecule has 1 aromatic heterocycles. The van der Waals surface area contributed by atoms with Gasteiger partial charge >= 0.3 is 0 Å². The van der Waals surface area contributed by atoms with E-state index in [1.807, 2.05) is 12.1 Å². The van der Waals surface area contributed by atoms with Crippen molar-refractivity contribution in [3.05, 3.63) is 28.5 Å². The zero-order valence-corrected chi connectivity index (χ0v) is 9.45. The molecule has 1 rings (SSSR count). The van der Waals surface area contributed by atoms with Crippen molar-refractivity contribution in [2.24, 2.45) is 0 Å². The number of pyridine rings is 1. The first-order valence-corrected chi connectivity index (χ1v) is 5.24. The van der Waals surface area contributed by atoms with Crippen molar-refractivity contribution < 1.29 is 5.11 Å². The summed E-state index contributed by atoms with van der Waals surface area (Å²) in [5, 5.41) is 9.48. The summed E-state index contributed by atoms with van der Waals surface area (Å²) in [6.45, 7) is 3.86. The first kappa shape index (κ1) is 10.7. The Hall–Kier alpha value is -0.410. The molecule has 72 valence electrons. The molecular formula is C10H14BrNO. The fraction of sp³-hybridized carbons (Fsp3) is 0.500. The SMILES string of the molecule is CCC(c1ccc(Br)cn1)C(C)O. The van der Waals surface area contributed by atoms with Crippen molar-refractivity contribution in [2.45, 2.75) is 32.3 Å². The highest BCUT2D eigenvalue weighted by molar-refractivity contribution is 9.10.